The molecule has 8 aromatic rings. The van der Waals surface area contributed by atoms with Crippen LogP contribution in [-0.2, 0) is 6.42 Å². The zero-order chi connectivity index (χ0) is 31.0. The van der Waals surface area contributed by atoms with E-state index in [0.717, 1.165) is 58.4 Å². The predicted octanol–water partition coefficient (Wildman–Crippen LogP) is 6.15. The molecule has 0 fully saturated rings. The molecular formula is C35H20B2N6S2. The quantitative estimate of drug-likeness (QED) is 0.225. The minimum absolute atomic E-state index is 0.359. The molecule has 0 aliphatic rings. The van der Waals surface area contributed by atoms with Crippen molar-refractivity contribution in [2.24, 2.45) is 0 Å². The van der Waals surface area contributed by atoms with E-state index in [1.54, 1.807) is 4.48 Å². The third-order valence-corrected chi connectivity index (χ3v) is 10.6. The van der Waals surface area contributed by atoms with Gasteiger partial charge in [0, 0.05) is 32.9 Å². The number of hydrogen-bond donors (Lipinski definition) is 0. The summed E-state index contributed by atoms with van der Waals surface area (Å²) in [5.41, 5.74) is 3.87. The summed E-state index contributed by atoms with van der Waals surface area (Å²) in [5, 5.41) is 29.1. The first-order valence-electron chi connectivity index (χ1n) is 14.4. The molecule has 0 saturated heterocycles. The second-order valence-electron chi connectivity index (χ2n) is 10.9. The molecule has 4 heterocycles. The van der Waals surface area contributed by atoms with Crippen LogP contribution in [0.4, 0.5) is 0 Å². The minimum atomic E-state index is 0.359. The van der Waals surface area contributed by atoms with Crippen molar-refractivity contribution < 1.29 is 0 Å². The van der Waals surface area contributed by atoms with Crippen LogP contribution in [0, 0.1) is 29.6 Å². The van der Waals surface area contributed by atoms with Crippen LogP contribution in [0.25, 0.3) is 63.9 Å². The highest BCUT2D eigenvalue weighted by atomic mass is 32.1. The number of rotatable bonds is 3. The molecule has 0 aliphatic carbocycles. The number of fused-ring (bicyclic) bond motifs is 7. The summed E-state index contributed by atoms with van der Waals surface area (Å²) >= 11 is 2.92. The van der Waals surface area contributed by atoms with Crippen LogP contribution in [0.1, 0.15) is 28.3 Å². The summed E-state index contributed by atoms with van der Waals surface area (Å²) in [6, 6.07) is 29.2. The Morgan fingerprint density at radius 2 is 1.20 bits per heavy atom. The van der Waals surface area contributed by atoms with Gasteiger partial charge in [0.15, 0.2) is 0 Å². The van der Waals surface area contributed by atoms with Crippen LogP contribution in [0.3, 0.4) is 0 Å². The molecule has 10 heteroatoms. The summed E-state index contributed by atoms with van der Waals surface area (Å²) in [5.74, 6) is 0. The number of aromatic nitrogens is 4. The lowest BCUT2D eigenvalue weighted by atomic mass is 10.1. The van der Waals surface area contributed by atoms with E-state index in [1.807, 2.05) is 62.4 Å². The highest BCUT2D eigenvalue weighted by Crippen LogP contribution is 2.34. The molecule has 0 amide bonds. The molecule has 4 aromatic carbocycles. The number of hydrogen-bond acceptors (Lipinski definition) is 6. The van der Waals surface area contributed by atoms with Crippen molar-refractivity contribution in [2.45, 2.75) is 20.3 Å². The molecule has 45 heavy (non-hydrogen) atoms. The van der Waals surface area contributed by atoms with E-state index >= 15 is 0 Å². The lowest BCUT2D eigenvalue weighted by Crippen LogP contribution is -2.24. The average Bonchev–Trinajstić information content (AvgIpc) is 3.82. The van der Waals surface area contributed by atoms with Gasteiger partial charge in [0.1, 0.15) is 33.3 Å². The van der Waals surface area contributed by atoms with Gasteiger partial charge in [0.25, 0.3) is 0 Å². The monoisotopic (exact) mass is 610 g/mol. The van der Waals surface area contributed by atoms with E-state index in [0.29, 0.717) is 44.0 Å². The maximum atomic E-state index is 10.6. The van der Waals surface area contributed by atoms with Gasteiger partial charge in [-0.05, 0) is 36.2 Å². The Balaban J connectivity index is 1.48. The molecule has 0 saturated carbocycles. The van der Waals surface area contributed by atoms with Crippen LogP contribution >= 0.6 is 22.7 Å². The van der Waals surface area contributed by atoms with Gasteiger partial charge in [-0.15, -0.1) is 22.7 Å². The normalized spacial score (nSPS) is 13.2. The maximum absolute atomic E-state index is 10.6. The number of thiazole rings is 2. The highest BCUT2D eigenvalue weighted by Gasteiger charge is 2.24. The number of nitriles is 2. The van der Waals surface area contributed by atoms with Crippen molar-refractivity contribution in [3.63, 3.8) is 0 Å². The Kier molecular flexibility index (Phi) is 6.21. The van der Waals surface area contributed by atoms with E-state index in [4.69, 9.17) is 25.9 Å². The second kappa shape index (κ2) is 10.2. The van der Waals surface area contributed by atoms with E-state index in [-0.39, 0.29) is 0 Å². The van der Waals surface area contributed by atoms with Gasteiger partial charge in [-0.1, -0.05) is 67.6 Å². The van der Waals surface area contributed by atoms with Crippen molar-refractivity contribution in [1.82, 2.24) is 18.9 Å². The summed E-state index contributed by atoms with van der Waals surface area (Å²) < 4.78 is 5.08. The third-order valence-electron chi connectivity index (χ3n) is 8.53. The van der Waals surface area contributed by atoms with Gasteiger partial charge >= 0.3 is 0 Å². The zero-order valence-electron chi connectivity index (χ0n) is 24.3. The molecule has 0 atom stereocenters. The Morgan fingerprint density at radius 3 is 1.69 bits per heavy atom. The van der Waals surface area contributed by atoms with Gasteiger partial charge in [-0.3, -0.25) is 0 Å². The van der Waals surface area contributed by atoms with Crippen molar-refractivity contribution in [2.75, 3.05) is 0 Å². The smallest absolute Gasteiger partial charge is 0.234 e. The summed E-state index contributed by atoms with van der Waals surface area (Å²) in [6.07, 6.45) is 0.551. The fraction of sp³-hybridized carbons (Fsp3) is 0.0857. The Hall–Kier alpha value is -5.15. The van der Waals surface area contributed by atoms with Gasteiger partial charge < -0.3 is 8.96 Å². The maximum Gasteiger partial charge on any atom is 0.234 e. The molecule has 6 nitrogen and oxygen atoms in total. The largest absolute Gasteiger partial charge is 0.399 e. The lowest BCUT2D eigenvalue weighted by Gasteiger charge is -2.06. The van der Waals surface area contributed by atoms with E-state index < -0.39 is 0 Å². The van der Waals surface area contributed by atoms with Crippen molar-refractivity contribution in [1.29, 1.82) is 10.5 Å². The van der Waals surface area contributed by atoms with Gasteiger partial charge in [0.05, 0.1) is 31.1 Å². The van der Waals surface area contributed by atoms with Crippen molar-refractivity contribution in [3.05, 3.63) is 105 Å². The molecule has 4 radical (unpaired) electrons. The van der Waals surface area contributed by atoms with Crippen LogP contribution in [0.5, 0.6) is 0 Å². The molecule has 0 unspecified atom stereocenters. The Labute approximate surface area is 268 Å². The molecule has 0 spiro atoms. The first-order valence-corrected chi connectivity index (χ1v) is 16.0. The molecule has 0 bridgehead atoms. The summed E-state index contributed by atoms with van der Waals surface area (Å²) in [6.45, 7) is 3.89. The van der Waals surface area contributed by atoms with Gasteiger partial charge in [-0.25, -0.2) is 9.97 Å². The minimum Gasteiger partial charge on any atom is -0.399 e. The zero-order valence-corrected chi connectivity index (χ0v) is 25.9. The molecule has 8 rings (SSSR count). The fourth-order valence-corrected chi connectivity index (χ4v) is 8.39. The number of aryl methyl sites for hydroxylation is 2. The van der Waals surface area contributed by atoms with Crippen LogP contribution in [0.2, 0.25) is 0 Å². The fourth-order valence-electron chi connectivity index (χ4n) is 6.43. The van der Waals surface area contributed by atoms with Gasteiger partial charge in [-0.2, -0.15) is 10.5 Å². The molecule has 0 aliphatic heterocycles. The first kappa shape index (κ1) is 27.4. The van der Waals surface area contributed by atoms with Gasteiger partial charge in [0.2, 0.25) is 16.0 Å². The van der Waals surface area contributed by atoms with Crippen molar-refractivity contribution in [3.8, 4) is 12.1 Å². The molecule has 208 valence electrons. The predicted molar refractivity (Wildman–Crippen MR) is 186 cm³/mol. The molecular weight excluding hydrogens is 590 g/mol. The molecule has 0 N–H and O–H groups in total. The van der Waals surface area contributed by atoms with Crippen LogP contribution in [-0.4, -0.2) is 34.9 Å². The van der Waals surface area contributed by atoms with E-state index in [1.165, 1.54) is 27.2 Å². The van der Waals surface area contributed by atoms with Crippen molar-refractivity contribution >= 4 is 103 Å². The first-order chi connectivity index (χ1) is 21.9. The summed E-state index contributed by atoms with van der Waals surface area (Å²) in [7, 11) is 13.6. The standard InChI is InChI=1S/C35H20B2N6S2/c1-3-25-29-28(32(43(25)37)23(16-38)34-40-30-21-10-6-4-8-19(21)12-14-26(30)44-34)18(2)42(36)33(29)24(17-39)35-41-31-22-11-7-5-9-20(22)13-15-27(31)45-35/h4-15H,3H2,1-2H3/b32-23-,33-24-. The lowest BCUT2D eigenvalue weighted by molar-refractivity contribution is 0.992. The average molecular weight is 610 g/mol. The highest BCUT2D eigenvalue weighted by molar-refractivity contribution is 7.20. The van der Waals surface area contributed by atoms with Crippen LogP contribution in [0.15, 0.2) is 72.8 Å². The third kappa shape index (κ3) is 3.86. The Morgan fingerprint density at radius 1 is 0.711 bits per heavy atom. The second-order valence-corrected chi connectivity index (χ2v) is 12.9. The molecule has 4 aromatic heterocycles. The number of benzene rings is 4. The number of nitrogens with zero attached hydrogens (tertiary/aromatic N) is 6. The SMILES string of the molecule is [B]n1c(C)c2/c(=C(\C#N)c3nc4c(ccc5ccccc54)s3)n([B])c(CC)c2/c1=C(\C#N)c1nc2c(ccc3ccccc32)s1. The topological polar surface area (TPSA) is 83.2 Å². The van der Waals surface area contributed by atoms with E-state index in [9.17, 15) is 10.5 Å². The van der Waals surface area contributed by atoms with E-state index in [2.05, 4.69) is 36.4 Å². The Bertz CT molecular complexity index is 2630. The summed E-state index contributed by atoms with van der Waals surface area (Å²) in [4.78, 5) is 9.93. The van der Waals surface area contributed by atoms with Crippen LogP contribution < -0.4 is 10.7 Å².